The van der Waals surface area contributed by atoms with Crippen LogP contribution in [-0.2, 0) is 12.8 Å². The van der Waals surface area contributed by atoms with E-state index in [1.165, 1.54) is 21.0 Å². The lowest BCUT2D eigenvalue weighted by atomic mass is 10.0. The molecule has 1 heterocycles. The molecule has 2 rings (SSSR count). The minimum atomic E-state index is -0.825. The molecule has 0 spiro atoms. The van der Waals surface area contributed by atoms with Gasteiger partial charge >= 0.3 is 0 Å². The summed E-state index contributed by atoms with van der Waals surface area (Å²) in [6, 6.07) is 5.77. The van der Waals surface area contributed by atoms with Crippen LogP contribution in [0.15, 0.2) is 18.2 Å². The van der Waals surface area contributed by atoms with Gasteiger partial charge in [-0.1, -0.05) is 32.0 Å². The van der Waals surface area contributed by atoms with E-state index in [4.69, 9.17) is 4.74 Å². The number of benzene rings is 1. The fourth-order valence-electron chi connectivity index (χ4n) is 2.96. The van der Waals surface area contributed by atoms with Gasteiger partial charge in [0.2, 0.25) is 17.1 Å². The number of halogens is 1. The lowest BCUT2D eigenvalue weighted by molar-refractivity contribution is -0.619. The Morgan fingerprint density at radius 2 is 1.76 bits per heavy atom. The van der Waals surface area contributed by atoms with Crippen LogP contribution in [0.1, 0.15) is 46.7 Å². The number of amides is 1. The molecule has 6 heteroatoms. The summed E-state index contributed by atoms with van der Waals surface area (Å²) in [5.41, 5.74) is 2.37. The summed E-state index contributed by atoms with van der Waals surface area (Å²) in [6.45, 7) is 6.84. The van der Waals surface area contributed by atoms with Crippen LogP contribution in [0.4, 0.5) is 10.1 Å². The number of carbonyl (C=O) groups is 1. The molecule has 1 N–H and O–H groups in total. The molecule has 1 aromatic heterocycles. The van der Waals surface area contributed by atoms with Crippen molar-refractivity contribution in [1.82, 2.24) is 0 Å². The molecule has 0 bridgehead atoms. The minimum absolute atomic E-state index is 0.000304. The zero-order valence-electron chi connectivity index (χ0n) is 15.2. The monoisotopic (exact) mass is 346 g/mol. The third-order valence-electron chi connectivity index (χ3n) is 4.39. The van der Waals surface area contributed by atoms with E-state index >= 15 is 0 Å². The van der Waals surface area contributed by atoms with Crippen LogP contribution in [0, 0.1) is 24.9 Å². The van der Waals surface area contributed by atoms with Gasteiger partial charge in [-0.3, -0.25) is 4.79 Å². The topological polar surface area (TPSA) is 65.3 Å². The number of nitrogens with zero attached hydrogens (tertiary/aromatic N) is 1. The predicted octanol–water partition coefficient (Wildman–Crippen LogP) is 3.46. The molecular formula is C19H23FN2O3. The molecule has 0 saturated carbocycles. The van der Waals surface area contributed by atoms with E-state index in [1.54, 1.807) is 0 Å². The van der Waals surface area contributed by atoms with E-state index in [9.17, 15) is 14.4 Å². The third kappa shape index (κ3) is 3.29. The first-order valence-electron chi connectivity index (χ1n) is 8.25. The maximum atomic E-state index is 14.8. The summed E-state index contributed by atoms with van der Waals surface area (Å²) in [6.07, 6.45) is 1.45. The number of nitrogens with one attached hydrogen (secondary N) is 1. The van der Waals surface area contributed by atoms with Gasteiger partial charge in [-0.25, -0.2) is 4.39 Å². The molecule has 0 saturated heterocycles. The Morgan fingerprint density at radius 1 is 1.20 bits per heavy atom. The van der Waals surface area contributed by atoms with Crippen LogP contribution in [0.25, 0.3) is 0 Å². The molecule has 0 aliphatic rings. The lowest BCUT2D eigenvalue weighted by Gasteiger charge is -2.17. The highest BCUT2D eigenvalue weighted by Gasteiger charge is 2.29. The van der Waals surface area contributed by atoms with Crippen molar-refractivity contribution in [2.24, 2.45) is 0 Å². The maximum Gasteiger partial charge on any atom is 0.265 e. The number of hydrogen-bond acceptors (Lipinski definition) is 3. The molecule has 25 heavy (non-hydrogen) atoms. The van der Waals surface area contributed by atoms with Gasteiger partial charge in [0, 0.05) is 19.5 Å². The normalized spacial score (nSPS) is 10.6. The Labute approximate surface area is 147 Å². The number of carbonyl (C=O) groups excluding carboxylic acids is 1. The van der Waals surface area contributed by atoms with Gasteiger partial charge in [0.25, 0.3) is 5.91 Å². The van der Waals surface area contributed by atoms with Gasteiger partial charge < -0.3 is 15.3 Å². The van der Waals surface area contributed by atoms with Gasteiger partial charge in [-0.2, -0.15) is 4.73 Å². The van der Waals surface area contributed by atoms with Crippen molar-refractivity contribution in [3.05, 3.63) is 57.3 Å². The minimum Gasteiger partial charge on any atom is -0.618 e. The molecule has 0 unspecified atom stereocenters. The second kappa shape index (κ2) is 7.51. The van der Waals surface area contributed by atoms with E-state index in [2.05, 4.69) is 5.32 Å². The summed E-state index contributed by atoms with van der Waals surface area (Å²) in [5, 5.41) is 15.0. The van der Waals surface area contributed by atoms with Crippen molar-refractivity contribution in [2.75, 3.05) is 12.4 Å². The number of aryl methyl sites for hydroxylation is 2. The fraction of sp³-hybridized carbons (Fsp3) is 0.368. The first kappa shape index (κ1) is 18.7. The standard InChI is InChI=1S/C19H23FN2O3/c1-6-13-9-8-10-14(7-2)17(13)21-19(23)15-11(3)22(24)12(4)18(25-5)16(15)20/h8-10H,6-7H2,1-5H3,(H,21,23). The number of para-hydroxylation sites is 1. The Morgan fingerprint density at radius 3 is 2.24 bits per heavy atom. The van der Waals surface area contributed by atoms with Crippen molar-refractivity contribution in [2.45, 2.75) is 40.5 Å². The van der Waals surface area contributed by atoms with Crippen LogP contribution in [-0.4, -0.2) is 13.0 Å². The van der Waals surface area contributed by atoms with Crippen LogP contribution < -0.4 is 14.8 Å². The van der Waals surface area contributed by atoms with Crippen molar-refractivity contribution >= 4 is 11.6 Å². The third-order valence-corrected chi connectivity index (χ3v) is 4.39. The molecular weight excluding hydrogens is 323 g/mol. The highest BCUT2D eigenvalue weighted by molar-refractivity contribution is 6.06. The number of pyridine rings is 1. The molecule has 0 aliphatic heterocycles. The summed E-state index contributed by atoms with van der Waals surface area (Å²) in [5.74, 6) is -1.70. The maximum absolute atomic E-state index is 14.8. The number of anilines is 1. The molecule has 2 aromatic rings. The molecule has 134 valence electrons. The van der Waals surface area contributed by atoms with E-state index in [-0.39, 0.29) is 22.7 Å². The van der Waals surface area contributed by atoms with E-state index in [1.807, 2.05) is 32.0 Å². The quantitative estimate of drug-likeness (QED) is 0.666. The first-order valence-corrected chi connectivity index (χ1v) is 8.25. The number of rotatable bonds is 5. The molecule has 1 aromatic carbocycles. The average Bonchev–Trinajstić information content (AvgIpc) is 2.60. The molecule has 0 atom stereocenters. The van der Waals surface area contributed by atoms with Crippen molar-refractivity contribution < 1.29 is 18.7 Å². The summed E-state index contributed by atoms with van der Waals surface area (Å²) in [7, 11) is 1.27. The second-order valence-electron chi connectivity index (χ2n) is 5.80. The highest BCUT2D eigenvalue weighted by atomic mass is 19.1. The van der Waals surface area contributed by atoms with Crippen LogP contribution in [0.5, 0.6) is 5.75 Å². The average molecular weight is 346 g/mol. The highest BCUT2D eigenvalue weighted by Crippen LogP contribution is 2.27. The number of ether oxygens (including phenoxy) is 1. The molecule has 1 amide bonds. The number of methoxy groups -OCH3 is 1. The van der Waals surface area contributed by atoms with Gasteiger partial charge in [0.05, 0.1) is 7.11 Å². The number of aromatic nitrogens is 1. The van der Waals surface area contributed by atoms with E-state index in [0.29, 0.717) is 10.4 Å². The molecule has 0 aliphatic carbocycles. The van der Waals surface area contributed by atoms with Crippen molar-refractivity contribution in [3.8, 4) is 5.75 Å². The van der Waals surface area contributed by atoms with Gasteiger partial charge in [-0.15, -0.1) is 0 Å². The number of hydrogen-bond donors (Lipinski definition) is 1. The van der Waals surface area contributed by atoms with Crippen molar-refractivity contribution in [1.29, 1.82) is 0 Å². The summed E-state index contributed by atoms with van der Waals surface area (Å²) < 4.78 is 20.2. The fourth-order valence-corrected chi connectivity index (χ4v) is 2.96. The summed E-state index contributed by atoms with van der Waals surface area (Å²) >= 11 is 0. The predicted molar refractivity (Wildman–Crippen MR) is 94.5 cm³/mol. The lowest BCUT2D eigenvalue weighted by Crippen LogP contribution is -2.38. The molecule has 5 nitrogen and oxygen atoms in total. The van der Waals surface area contributed by atoms with Crippen molar-refractivity contribution in [3.63, 3.8) is 0 Å². The van der Waals surface area contributed by atoms with E-state index < -0.39 is 11.7 Å². The zero-order valence-corrected chi connectivity index (χ0v) is 15.2. The van der Waals surface area contributed by atoms with E-state index in [0.717, 1.165) is 24.0 Å². The van der Waals surface area contributed by atoms with Gasteiger partial charge in [-0.05, 0) is 24.0 Å². The summed E-state index contributed by atoms with van der Waals surface area (Å²) in [4.78, 5) is 12.8. The Bertz CT molecular complexity index is 797. The SMILES string of the molecule is CCc1cccc(CC)c1NC(=O)c1c(F)c(OC)c(C)[n+]([O-])c1C. The Balaban J connectivity index is 2.56. The second-order valence-corrected chi connectivity index (χ2v) is 5.80. The van der Waals surface area contributed by atoms with Gasteiger partial charge in [0.1, 0.15) is 5.56 Å². The Kier molecular flexibility index (Phi) is 5.62. The van der Waals surface area contributed by atoms with Gasteiger partial charge in [0.15, 0.2) is 5.82 Å². The molecule has 0 fully saturated rings. The van der Waals surface area contributed by atoms with Crippen LogP contribution in [0.3, 0.4) is 0 Å². The largest absolute Gasteiger partial charge is 0.618 e. The first-order chi connectivity index (χ1) is 11.9. The molecule has 0 radical (unpaired) electrons. The zero-order chi connectivity index (χ0) is 18.7. The smallest absolute Gasteiger partial charge is 0.265 e. The van der Waals surface area contributed by atoms with Crippen LogP contribution >= 0.6 is 0 Å². The van der Waals surface area contributed by atoms with Crippen LogP contribution in [0.2, 0.25) is 0 Å². The Hall–Kier alpha value is -2.63.